The molecule has 0 radical (unpaired) electrons. The Morgan fingerprint density at radius 3 is 2.50 bits per heavy atom. The molecule has 2 unspecified atom stereocenters. The second kappa shape index (κ2) is 8.17. The smallest absolute Gasteiger partial charge is 0.0887 e. The van der Waals surface area contributed by atoms with Crippen molar-refractivity contribution in [2.24, 2.45) is 11.3 Å². The highest BCUT2D eigenvalue weighted by Gasteiger charge is 2.21. The lowest BCUT2D eigenvalue weighted by Crippen LogP contribution is -2.24. The Hall–Kier alpha value is 0.430. The van der Waals surface area contributed by atoms with Crippen LogP contribution in [0.15, 0.2) is 9.85 Å². The van der Waals surface area contributed by atoms with Crippen molar-refractivity contribution in [3.05, 3.63) is 19.8 Å². The molecule has 116 valence electrons. The van der Waals surface area contributed by atoms with Gasteiger partial charge in [-0.1, -0.05) is 46.2 Å². The Labute approximate surface area is 141 Å². The van der Waals surface area contributed by atoms with Gasteiger partial charge >= 0.3 is 0 Å². The monoisotopic (exact) mass is 379 g/mol. The fraction of sp³-hybridized carbons (Fsp3) is 0.750. The van der Waals surface area contributed by atoms with E-state index >= 15 is 0 Å². The maximum atomic E-state index is 6.19. The van der Waals surface area contributed by atoms with Gasteiger partial charge in [-0.25, -0.2) is 0 Å². The van der Waals surface area contributed by atoms with E-state index in [9.17, 15) is 0 Å². The number of hydrogen-bond donors (Lipinski definition) is 1. The standard InChI is InChI=1S/C16H27BrClNS/c1-6-7-19-13(8-11(2)10-16(3,4)5)14-9-12(18)15(17)20-14/h9,11,13,19H,6-8,10H2,1-5H3. The Morgan fingerprint density at radius 1 is 1.40 bits per heavy atom. The van der Waals surface area contributed by atoms with E-state index in [2.05, 4.69) is 61.9 Å². The Balaban J connectivity index is 2.74. The van der Waals surface area contributed by atoms with Crippen LogP contribution in [0.2, 0.25) is 5.02 Å². The molecule has 0 aliphatic carbocycles. The van der Waals surface area contributed by atoms with Gasteiger partial charge in [0.1, 0.15) is 0 Å². The molecule has 4 heteroatoms. The number of thiophene rings is 1. The van der Waals surface area contributed by atoms with Crippen LogP contribution in [-0.4, -0.2) is 6.54 Å². The molecule has 0 spiro atoms. The molecule has 20 heavy (non-hydrogen) atoms. The van der Waals surface area contributed by atoms with E-state index in [0.29, 0.717) is 17.4 Å². The van der Waals surface area contributed by atoms with Crippen LogP contribution in [-0.2, 0) is 0 Å². The normalized spacial score (nSPS) is 15.3. The first-order valence-electron chi connectivity index (χ1n) is 7.41. The molecule has 0 saturated carbocycles. The van der Waals surface area contributed by atoms with Crippen LogP contribution >= 0.6 is 38.9 Å². The van der Waals surface area contributed by atoms with Crippen LogP contribution in [0.1, 0.15) is 64.8 Å². The minimum absolute atomic E-state index is 0.391. The quantitative estimate of drug-likeness (QED) is 0.557. The Kier molecular flexibility index (Phi) is 7.54. The van der Waals surface area contributed by atoms with Gasteiger partial charge in [0.05, 0.1) is 8.81 Å². The zero-order chi connectivity index (χ0) is 15.3. The summed E-state index contributed by atoms with van der Waals surface area (Å²) in [5.41, 5.74) is 0.391. The van der Waals surface area contributed by atoms with Gasteiger partial charge in [0.2, 0.25) is 0 Å². The summed E-state index contributed by atoms with van der Waals surface area (Å²) in [5.74, 6) is 0.698. The third-order valence-electron chi connectivity index (χ3n) is 3.25. The van der Waals surface area contributed by atoms with Gasteiger partial charge < -0.3 is 5.32 Å². The molecule has 0 fully saturated rings. The molecular formula is C16H27BrClNS. The number of hydrogen-bond acceptors (Lipinski definition) is 2. The Bertz CT molecular complexity index is 392. The minimum atomic E-state index is 0.391. The molecule has 0 saturated heterocycles. The molecule has 1 rings (SSSR count). The first-order chi connectivity index (χ1) is 9.23. The lowest BCUT2D eigenvalue weighted by atomic mass is 9.83. The summed E-state index contributed by atoms with van der Waals surface area (Å²) >= 11 is 11.5. The van der Waals surface area contributed by atoms with E-state index in [1.165, 1.54) is 17.7 Å². The average Bonchev–Trinajstić information content (AvgIpc) is 2.62. The SMILES string of the molecule is CCCNC(CC(C)CC(C)(C)C)c1cc(Cl)c(Br)s1. The fourth-order valence-electron chi connectivity index (χ4n) is 2.68. The van der Waals surface area contributed by atoms with E-state index in [-0.39, 0.29) is 0 Å². The molecule has 0 aromatic carbocycles. The third-order valence-corrected chi connectivity index (χ3v) is 5.84. The van der Waals surface area contributed by atoms with Crippen molar-refractivity contribution in [2.45, 2.75) is 59.9 Å². The van der Waals surface area contributed by atoms with Crippen molar-refractivity contribution in [1.29, 1.82) is 0 Å². The maximum Gasteiger partial charge on any atom is 0.0887 e. The van der Waals surface area contributed by atoms with Crippen LogP contribution in [0.25, 0.3) is 0 Å². The van der Waals surface area contributed by atoms with Gasteiger partial charge in [-0.3, -0.25) is 0 Å². The van der Waals surface area contributed by atoms with Crippen molar-refractivity contribution >= 4 is 38.9 Å². The summed E-state index contributed by atoms with van der Waals surface area (Å²) in [7, 11) is 0. The van der Waals surface area contributed by atoms with Gasteiger partial charge in [-0.05, 0) is 59.1 Å². The summed E-state index contributed by atoms with van der Waals surface area (Å²) in [4.78, 5) is 1.34. The van der Waals surface area contributed by atoms with Crippen LogP contribution < -0.4 is 5.32 Å². The summed E-state index contributed by atoms with van der Waals surface area (Å²) < 4.78 is 1.04. The zero-order valence-electron chi connectivity index (χ0n) is 13.2. The van der Waals surface area contributed by atoms with Gasteiger partial charge in [0.25, 0.3) is 0 Å². The van der Waals surface area contributed by atoms with E-state index in [1.807, 2.05) is 0 Å². The molecule has 0 amide bonds. The van der Waals surface area contributed by atoms with Gasteiger partial charge in [-0.2, -0.15) is 0 Å². The maximum absolute atomic E-state index is 6.19. The van der Waals surface area contributed by atoms with Crippen molar-refractivity contribution in [3.8, 4) is 0 Å². The Morgan fingerprint density at radius 2 is 2.05 bits per heavy atom. The molecule has 1 nitrogen and oxygen atoms in total. The van der Waals surface area contributed by atoms with Gasteiger partial charge in [-0.15, -0.1) is 11.3 Å². The molecule has 1 aromatic heterocycles. The predicted molar refractivity (Wildman–Crippen MR) is 95.9 cm³/mol. The lowest BCUT2D eigenvalue weighted by Gasteiger charge is -2.27. The van der Waals surface area contributed by atoms with Crippen LogP contribution in [0, 0.1) is 11.3 Å². The molecule has 0 aliphatic rings. The average molecular weight is 381 g/mol. The first kappa shape index (κ1) is 18.5. The number of rotatable bonds is 7. The second-order valence-corrected chi connectivity index (χ2v) is 9.69. The molecule has 0 bridgehead atoms. The molecule has 1 aromatic rings. The highest BCUT2D eigenvalue weighted by Crippen LogP contribution is 2.38. The molecular weight excluding hydrogens is 354 g/mol. The summed E-state index contributed by atoms with van der Waals surface area (Å²) in [6.45, 7) is 12.6. The predicted octanol–water partition coefficient (Wildman–Crippen LogP) is 6.67. The molecule has 0 aliphatic heterocycles. The molecule has 2 atom stereocenters. The number of halogens is 2. The van der Waals surface area contributed by atoms with Crippen molar-refractivity contribution in [3.63, 3.8) is 0 Å². The van der Waals surface area contributed by atoms with Crippen molar-refractivity contribution < 1.29 is 0 Å². The highest BCUT2D eigenvalue weighted by molar-refractivity contribution is 9.11. The third kappa shape index (κ3) is 6.46. The second-order valence-electron chi connectivity index (χ2n) is 6.88. The summed E-state index contributed by atoms with van der Waals surface area (Å²) in [5, 5.41) is 4.50. The minimum Gasteiger partial charge on any atom is -0.309 e. The lowest BCUT2D eigenvalue weighted by molar-refractivity contribution is 0.277. The van der Waals surface area contributed by atoms with Crippen LogP contribution in [0.5, 0.6) is 0 Å². The summed E-state index contributed by atoms with van der Waals surface area (Å²) in [6.07, 6.45) is 3.57. The number of nitrogens with one attached hydrogen (secondary N) is 1. The van der Waals surface area contributed by atoms with Crippen LogP contribution in [0.4, 0.5) is 0 Å². The largest absolute Gasteiger partial charge is 0.309 e. The topological polar surface area (TPSA) is 12.0 Å². The first-order valence-corrected chi connectivity index (χ1v) is 9.39. The molecule has 1 heterocycles. The molecule has 1 N–H and O–H groups in total. The van der Waals surface area contributed by atoms with Crippen molar-refractivity contribution in [1.82, 2.24) is 5.32 Å². The van der Waals surface area contributed by atoms with E-state index in [1.54, 1.807) is 11.3 Å². The van der Waals surface area contributed by atoms with E-state index in [4.69, 9.17) is 11.6 Å². The van der Waals surface area contributed by atoms with Crippen LogP contribution in [0.3, 0.4) is 0 Å². The van der Waals surface area contributed by atoms with Gasteiger partial charge in [0, 0.05) is 10.9 Å². The summed E-state index contributed by atoms with van der Waals surface area (Å²) in [6, 6.07) is 2.52. The fourth-order valence-corrected chi connectivity index (χ4v) is 4.52. The van der Waals surface area contributed by atoms with E-state index < -0.39 is 0 Å². The van der Waals surface area contributed by atoms with Crippen molar-refractivity contribution in [2.75, 3.05) is 6.54 Å². The highest BCUT2D eigenvalue weighted by atomic mass is 79.9. The van der Waals surface area contributed by atoms with Gasteiger partial charge in [0.15, 0.2) is 0 Å². The van der Waals surface area contributed by atoms with E-state index in [0.717, 1.165) is 21.8 Å². The zero-order valence-corrected chi connectivity index (χ0v) is 16.4.